The summed E-state index contributed by atoms with van der Waals surface area (Å²) in [6.45, 7) is -0.144. The van der Waals surface area contributed by atoms with Gasteiger partial charge in [-0.15, -0.1) is 0 Å². The largest absolute Gasteiger partial charge is 0.481 e. The van der Waals surface area contributed by atoms with E-state index in [1.54, 1.807) is 0 Å². The van der Waals surface area contributed by atoms with Crippen LogP contribution in [0.25, 0.3) is 0 Å². The molecule has 19 heavy (non-hydrogen) atoms. The number of nitrogens with two attached hydrogens (primary N) is 1. The van der Waals surface area contributed by atoms with Gasteiger partial charge in [0.05, 0.1) is 18.2 Å². The van der Waals surface area contributed by atoms with Gasteiger partial charge >= 0.3 is 5.97 Å². The topological polar surface area (TPSA) is 125 Å². The molecule has 0 saturated carbocycles. The molecule has 0 aliphatic rings. The van der Waals surface area contributed by atoms with E-state index >= 15 is 0 Å². The van der Waals surface area contributed by atoms with Crippen LogP contribution in [0, 0.1) is 11.3 Å². The van der Waals surface area contributed by atoms with Crippen LogP contribution in [0.1, 0.15) is 16.8 Å². The average molecular weight is 263 g/mol. The van der Waals surface area contributed by atoms with Crippen molar-refractivity contribution in [1.82, 2.24) is 5.32 Å². The van der Waals surface area contributed by atoms with Crippen molar-refractivity contribution in [2.24, 2.45) is 0 Å². The summed E-state index contributed by atoms with van der Waals surface area (Å²) in [4.78, 5) is 22.3. The standard InChI is InChI=1S/C12H13N3O4/c13-5-2-6-15-10(16)7-19-11-8(12(17)18)3-1-4-9(11)14/h1,3-4H,2,6-7,14H2,(H,15,16)(H,17,18). The lowest BCUT2D eigenvalue weighted by Crippen LogP contribution is -2.29. The Labute approximate surface area is 109 Å². The number of anilines is 1. The minimum absolute atomic E-state index is 0.0366. The summed E-state index contributed by atoms with van der Waals surface area (Å²) in [6.07, 6.45) is 0.194. The molecule has 7 nitrogen and oxygen atoms in total. The third kappa shape index (κ3) is 4.20. The van der Waals surface area contributed by atoms with Crippen LogP contribution in [0.5, 0.6) is 5.75 Å². The second-order valence-corrected chi connectivity index (χ2v) is 3.58. The van der Waals surface area contributed by atoms with Gasteiger partial charge in [-0.3, -0.25) is 4.79 Å². The number of para-hydroxylation sites is 1. The van der Waals surface area contributed by atoms with Crippen molar-refractivity contribution in [2.75, 3.05) is 18.9 Å². The monoisotopic (exact) mass is 263 g/mol. The number of ether oxygens (including phenoxy) is 1. The number of carbonyl (C=O) groups is 2. The molecule has 1 rings (SSSR count). The predicted octanol–water partition coefficient (Wildman–Crippen LogP) is 0.376. The highest BCUT2D eigenvalue weighted by molar-refractivity contribution is 5.93. The molecule has 1 aromatic rings. The number of hydrogen-bond donors (Lipinski definition) is 3. The quantitative estimate of drug-likeness (QED) is 0.503. The molecular weight excluding hydrogens is 250 g/mol. The SMILES string of the molecule is N#CCCNC(=O)COc1c(N)cccc1C(=O)O. The first-order valence-electron chi connectivity index (χ1n) is 5.44. The van der Waals surface area contributed by atoms with Crippen LogP contribution in [0.2, 0.25) is 0 Å². The number of nitrogens with zero attached hydrogens (tertiary/aromatic N) is 1. The van der Waals surface area contributed by atoms with Gasteiger partial charge in [0, 0.05) is 6.54 Å². The number of hydrogen-bond acceptors (Lipinski definition) is 5. The molecule has 4 N–H and O–H groups in total. The summed E-state index contributed by atoms with van der Waals surface area (Å²) in [6, 6.07) is 6.18. The summed E-state index contributed by atoms with van der Waals surface area (Å²) in [5, 5.41) is 19.7. The minimum atomic E-state index is -1.19. The third-order valence-corrected chi connectivity index (χ3v) is 2.18. The fraction of sp³-hybridized carbons (Fsp3) is 0.250. The summed E-state index contributed by atoms with van der Waals surface area (Å²) in [5.74, 6) is -1.67. The van der Waals surface area contributed by atoms with Crippen LogP contribution >= 0.6 is 0 Å². The van der Waals surface area contributed by atoms with Crippen molar-refractivity contribution in [1.29, 1.82) is 5.26 Å². The van der Waals surface area contributed by atoms with Crippen LogP contribution < -0.4 is 15.8 Å². The molecule has 0 fully saturated rings. The summed E-state index contributed by atoms with van der Waals surface area (Å²) in [7, 11) is 0. The normalized spacial score (nSPS) is 9.42. The lowest BCUT2D eigenvalue weighted by Gasteiger charge is -2.11. The van der Waals surface area contributed by atoms with Gasteiger partial charge in [0.25, 0.3) is 5.91 Å². The Kier molecular flexibility index (Phi) is 5.17. The van der Waals surface area contributed by atoms with Crippen LogP contribution in [0.15, 0.2) is 18.2 Å². The van der Waals surface area contributed by atoms with Crippen molar-refractivity contribution < 1.29 is 19.4 Å². The van der Waals surface area contributed by atoms with E-state index in [1.165, 1.54) is 18.2 Å². The maximum atomic E-state index is 11.3. The molecule has 0 unspecified atom stereocenters. The molecule has 1 aromatic carbocycles. The number of carbonyl (C=O) groups excluding carboxylic acids is 1. The fourth-order valence-electron chi connectivity index (χ4n) is 1.33. The Morgan fingerprint density at radius 3 is 2.84 bits per heavy atom. The van der Waals surface area contributed by atoms with Crippen molar-refractivity contribution in [3.63, 3.8) is 0 Å². The highest BCUT2D eigenvalue weighted by Crippen LogP contribution is 2.26. The Morgan fingerprint density at radius 2 is 2.21 bits per heavy atom. The zero-order chi connectivity index (χ0) is 14.3. The molecule has 100 valence electrons. The van der Waals surface area contributed by atoms with Crippen molar-refractivity contribution in [3.05, 3.63) is 23.8 Å². The number of carboxylic acids is 1. The van der Waals surface area contributed by atoms with E-state index in [-0.39, 0.29) is 36.6 Å². The summed E-state index contributed by atoms with van der Waals surface area (Å²) in [5.41, 5.74) is 5.64. The lowest BCUT2D eigenvalue weighted by molar-refractivity contribution is -0.123. The smallest absolute Gasteiger partial charge is 0.339 e. The zero-order valence-corrected chi connectivity index (χ0v) is 10.0. The molecular formula is C12H13N3O4. The first-order chi connectivity index (χ1) is 9.06. The second-order valence-electron chi connectivity index (χ2n) is 3.58. The molecule has 0 heterocycles. The number of nitrogens with one attached hydrogen (secondary N) is 1. The van der Waals surface area contributed by atoms with Crippen molar-refractivity contribution >= 4 is 17.6 Å². The highest BCUT2D eigenvalue weighted by Gasteiger charge is 2.15. The molecule has 0 spiro atoms. The van der Waals surface area contributed by atoms with Crippen LogP contribution in [0.3, 0.4) is 0 Å². The Morgan fingerprint density at radius 1 is 1.47 bits per heavy atom. The zero-order valence-electron chi connectivity index (χ0n) is 10.0. The number of nitrogen functional groups attached to an aromatic ring is 1. The first kappa shape index (κ1) is 14.3. The maximum absolute atomic E-state index is 11.3. The van der Waals surface area contributed by atoms with E-state index in [4.69, 9.17) is 20.8 Å². The molecule has 0 aliphatic heterocycles. The van der Waals surface area contributed by atoms with Gasteiger partial charge in [-0.2, -0.15) is 5.26 Å². The van der Waals surface area contributed by atoms with Gasteiger partial charge in [0.1, 0.15) is 5.56 Å². The van der Waals surface area contributed by atoms with Gasteiger partial charge in [0.2, 0.25) is 0 Å². The number of rotatable bonds is 6. The van der Waals surface area contributed by atoms with Gasteiger partial charge in [-0.05, 0) is 12.1 Å². The fourth-order valence-corrected chi connectivity index (χ4v) is 1.33. The van der Waals surface area contributed by atoms with E-state index in [2.05, 4.69) is 5.32 Å². The number of aromatic carboxylic acids is 1. The van der Waals surface area contributed by atoms with Gasteiger partial charge in [-0.25, -0.2) is 4.79 Å². The first-order valence-corrected chi connectivity index (χ1v) is 5.44. The van der Waals surface area contributed by atoms with Crippen molar-refractivity contribution in [3.8, 4) is 11.8 Å². The molecule has 0 bridgehead atoms. The molecule has 0 atom stereocenters. The molecule has 0 radical (unpaired) electrons. The third-order valence-electron chi connectivity index (χ3n) is 2.18. The van der Waals surface area contributed by atoms with Crippen LogP contribution in [0.4, 0.5) is 5.69 Å². The van der Waals surface area contributed by atoms with E-state index in [0.717, 1.165) is 0 Å². The van der Waals surface area contributed by atoms with Crippen LogP contribution in [-0.4, -0.2) is 30.1 Å². The Bertz CT molecular complexity index is 522. The molecule has 0 aromatic heterocycles. The average Bonchev–Trinajstić information content (AvgIpc) is 2.37. The Hall–Kier alpha value is -2.75. The summed E-state index contributed by atoms with van der Waals surface area (Å²) >= 11 is 0. The minimum Gasteiger partial charge on any atom is -0.481 e. The molecule has 0 aliphatic carbocycles. The number of benzene rings is 1. The number of amides is 1. The molecule has 0 saturated heterocycles. The van der Waals surface area contributed by atoms with E-state index in [1.807, 2.05) is 6.07 Å². The summed E-state index contributed by atoms with van der Waals surface area (Å²) < 4.78 is 5.12. The molecule has 1 amide bonds. The maximum Gasteiger partial charge on any atom is 0.339 e. The second kappa shape index (κ2) is 6.86. The van der Waals surface area contributed by atoms with E-state index in [9.17, 15) is 9.59 Å². The Balaban J connectivity index is 2.65. The van der Waals surface area contributed by atoms with E-state index in [0.29, 0.717) is 0 Å². The van der Waals surface area contributed by atoms with Gasteiger partial charge in [-0.1, -0.05) is 6.07 Å². The van der Waals surface area contributed by atoms with Gasteiger partial charge in [0.15, 0.2) is 12.4 Å². The van der Waals surface area contributed by atoms with Crippen molar-refractivity contribution in [2.45, 2.75) is 6.42 Å². The van der Waals surface area contributed by atoms with E-state index < -0.39 is 11.9 Å². The number of carboxylic acid groups (broad SMARTS) is 1. The number of nitriles is 1. The molecule has 7 heteroatoms. The predicted molar refractivity (Wildman–Crippen MR) is 66.5 cm³/mol. The van der Waals surface area contributed by atoms with Crippen LogP contribution in [-0.2, 0) is 4.79 Å². The van der Waals surface area contributed by atoms with Gasteiger partial charge < -0.3 is 20.9 Å². The lowest BCUT2D eigenvalue weighted by atomic mass is 10.2. The highest BCUT2D eigenvalue weighted by atomic mass is 16.5.